The molecule has 86 valence electrons. The summed E-state index contributed by atoms with van der Waals surface area (Å²) in [4.78, 5) is 20.4. The van der Waals surface area contributed by atoms with Gasteiger partial charge in [0.15, 0.2) is 11.5 Å². The third-order valence-electron chi connectivity index (χ3n) is 1.42. The molecule has 0 fully saturated rings. The van der Waals surface area contributed by atoms with Gasteiger partial charge in [0, 0.05) is 12.1 Å². The summed E-state index contributed by atoms with van der Waals surface area (Å²) in [5.74, 6) is -2.64. The molecule has 0 radical (unpaired) electrons. The molecule has 0 aromatic heterocycles. The number of hydrogen-bond acceptors (Lipinski definition) is 6. The molecule has 0 saturated carbocycles. The molecule has 0 spiro atoms. The van der Waals surface area contributed by atoms with E-state index < -0.39 is 35.3 Å². The second-order valence-corrected chi connectivity index (χ2v) is 2.53. The summed E-state index contributed by atoms with van der Waals surface area (Å²) < 4.78 is 8.16. The van der Waals surface area contributed by atoms with Gasteiger partial charge in [-0.1, -0.05) is 0 Å². The lowest BCUT2D eigenvalue weighted by Gasteiger charge is -2.07. The topological polar surface area (TPSA) is 134 Å². The predicted molar refractivity (Wildman–Crippen MR) is 47.1 cm³/mol. The Morgan fingerprint density at radius 1 is 0.938 bits per heavy atom. The number of benzene rings is 1. The Kier molecular flexibility index (Phi) is 3.04. The van der Waals surface area contributed by atoms with E-state index in [1.54, 1.807) is 0 Å². The van der Waals surface area contributed by atoms with Crippen LogP contribution in [-0.4, -0.2) is 32.7 Å². The minimum absolute atomic E-state index is 0.523. The second kappa shape index (κ2) is 4.26. The molecule has 0 aliphatic carbocycles. The van der Waals surface area contributed by atoms with E-state index in [2.05, 4.69) is 9.47 Å². The summed E-state index contributed by atoms with van der Waals surface area (Å²) in [7, 11) is 0. The second-order valence-electron chi connectivity index (χ2n) is 2.53. The average Bonchev–Trinajstić information content (AvgIpc) is 2.11. The Labute approximate surface area is 87.9 Å². The molecule has 0 bridgehead atoms. The molecule has 16 heavy (non-hydrogen) atoms. The number of rotatable bonds is 2. The van der Waals surface area contributed by atoms with Crippen molar-refractivity contribution in [1.29, 1.82) is 0 Å². The maximum absolute atomic E-state index is 10.2. The van der Waals surface area contributed by atoms with Gasteiger partial charge in [-0.2, -0.15) is 0 Å². The largest absolute Gasteiger partial charge is 0.511 e. The highest BCUT2D eigenvalue weighted by Crippen LogP contribution is 2.39. The summed E-state index contributed by atoms with van der Waals surface area (Å²) in [6.45, 7) is 0. The van der Waals surface area contributed by atoms with Gasteiger partial charge >= 0.3 is 12.3 Å². The smallest absolute Gasteiger partial charge is 0.508 e. The molecule has 0 atom stereocenters. The van der Waals surface area contributed by atoms with Crippen LogP contribution >= 0.6 is 0 Å². The van der Waals surface area contributed by atoms with E-state index in [1.165, 1.54) is 0 Å². The molecule has 0 aliphatic heterocycles. The molecule has 0 aliphatic rings. The number of carboxylic acid groups (broad SMARTS) is 2. The molecule has 0 saturated heterocycles. The van der Waals surface area contributed by atoms with Gasteiger partial charge in [-0.15, -0.1) is 0 Å². The highest BCUT2D eigenvalue weighted by molar-refractivity contribution is 5.69. The summed E-state index contributed by atoms with van der Waals surface area (Å²) >= 11 is 0. The van der Waals surface area contributed by atoms with Crippen molar-refractivity contribution in [3.8, 4) is 23.0 Å². The van der Waals surface area contributed by atoms with Gasteiger partial charge in [0.2, 0.25) is 5.75 Å². The third kappa shape index (κ3) is 2.67. The molecule has 4 N–H and O–H groups in total. The van der Waals surface area contributed by atoms with E-state index in [9.17, 15) is 14.7 Å². The molecule has 8 heteroatoms. The van der Waals surface area contributed by atoms with Crippen molar-refractivity contribution in [1.82, 2.24) is 0 Å². The number of phenols is 2. The molecule has 0 amide bonds. The van der Waals surface area contributed by atoms with Crippen LogP contribution in [0.5, 0.6) is 23.0 Å². The molecule has 8 nitrogen and oxygen atoms in total. The van der Waals surface area contributed by atoms with Gasteiger partial charge in [-0.25, -0.2) is 9.59 Å². The Morgan fingerprint density at radius 2 is 1.31 bits per heavy atom. The van der Waals surface area contributed by atoms with Crippen molar-refractivity contribution < 1.29 is 39.5 Å². The van der Waals surface area contributed by atoms with Crippen molar-refractivity contribution in [2.75, 3.05) is 0 Å². The number of carbonyl (C=O) groups is 2. The lowest BCUT2D eigenvalue weighted by molar-refractivity contribution is 0.139. The van der Waals surface area contributed by atoms with E-state index in [4.69, 9.17) is 15.3 Å². The fraction of sp³-hybridized carbons (Fsp3) is 0. The van der Waals surface area contributed by atoms with E-state index >= 15 is 0 Å². The van der Waals surface area contributed by atoms with Crippen LogP contribution in [-0.2, 0) is 0 Å². The van der Waals surface area contributed by atoms with Crippen LogP contribution in [0, 0.1) is 0 Å². The zero-order valence-electron chi connectivity index (χ0n) is 7.58. The predicted octanol–water partition coefficient (Wildman–Crippen LogP) is 1.21. The molecule has 1 aromatic carbocycles. The van der Waals surface area contributed by atoms with Crippen LogP contribution in [0.25, 0.3) is 0 Å². The number of aromatic hydroxyl groups is 2. The summed E-state index contributed by atoms with van der Waals surface area (Å²) in [6, 6.07) is 1.58. The number of hydrogen-bond donors (Lipinski definition) is 4. The number of ether oxygens (including phenoxy) is 2. The zero-order valence-corrected chi connectivity index (χ0v) is 7.58. The van der Waals surface area contributed by atoms with Gasteiger partial charge in [0.25, 0.3) is 0 Å². The Bertz CT molecular complexity index is 401. The maximum atomic E-state index is 10.2. The van der Waals surface area contributed by atoms with Crippen LogP contribution in [0.15, 0.2) is 12.1 Å². The summed E-state index contributed by atoms with van der Waals surface area (Å²) in [5, 5.41) is 35.0. The summed E-state index contributed by atoms with van der Waals surface area (Å²) in [6.07, 6.45) is -3.47. The van der Waals surface area contributed by atoms with Gasteiger partial charge in [-0.3, -0.25) is 0 Å². The van der Waals surface area contributed by atoms with Gasteiger partial charge in [0.1, 0.15) is 5.75 Å². The van der Waals surface area contributed by atoms with Crippen molar-refractivity contribution in [3.63, 3.8) is 0 Å². The lowest BCUT2D eigenvalue weighted by atomic mass is 10.3. The van der Waals surface area contributed by atoms with Crippen LogP contribution in [0.1, 0.15) is 0 Å². The van der Waals surface area contributed by atoms with Gasteiger partial charge in [-0.05, 0) is 0 Å². The fourth-order valence-corrected chi connectivity index (χ4v) is 0.912. The first-order chi connectivity index (χ1) is 7.40. The quantitative estimate of drug-likeness (QED) is 0.338. The third-order valence-corrected chi connectivity index (χ3v) is 1.42. The first kappa shape index (κ1) is 11.4. The Balaban J connectivity index is 3.14. The van der Waals surface area contributed by atoms with E-state index in [0.29, 0.717) is 0 Å². The molecule has 1 aromatic rings. The molecular weight excluding hydrogens is 224 g/mol. The average molecular weight is 230 g/mol. The molecular formula is C8H6O8. The van der Waals surface area contributed by atoms with Gasteiger partial charge in [0.05, 0.1) is 0 Å². The lowest BCUT2D eigenvalue weighted by Crippen LogP contribution is -2.06. The number of phenolic OH excluding ortho intramolecular Hbond substituents is 2. The Hall–Kier alpha value is -2.64. The Morgan fingerprint density at radius 3 is 1.62 bits per heavy atom. The van der Waals surface area contributed by atoms with Crippen LogP contribution in [0.3, 0.4) is 0 Å². The monoisotopic (exact) mass is 230 g/mol. The highest BCUT2D eigenvalue weighted by atomic mass is 16.7. The van der Waals surface area contributed by atoms with Crippen LogP contribution in [0.2, 0.25) is 0 Å². The highest BCUT2D eigenvalue weighted by Gasteiger charge is 2.17. The summed E-state index contributed by atoms with van der Waals surface area (Å²) in [5.41, 5.74) is 0. The van der Waals surface area contributed by atoms with E-state index in [1.807, 2.05) is 0 Å². The van der Waals surface area contributed by atoms with Gasteiger partial charge < -0.3 is 29.9 Å². The molecule has 1 rings (SSSR count). The van der Waals surface area contributed by atoms with Crippen molar-refractivity contribution in [3.05, 3.63) is 12.1 Å². The first-order valence-corrected chi connectivity index (χ1v) is 3.77. The van der Waals surface area contributed by atoms with E-state index in [-0.39, 0.29) is 0 Å². The maximum Gasteiger partial charge on any atom is 0.511 e. The molecule has 0 heterocycles. The normalized spacial score (nSPS) is 9.50. The van der Waals surface area contributed by atoms with Crippen molar-refractivity contribution in [2.24, 2.45) is 0 Å². The first-order valence-electron chi connectivity index (χ1n) is 3.77. The molecule has 0 unspecified atom stereocenters. The fourth-order valence-electron chi connectivity index (χ4n) is 0.912. The minimum atomic E-state index is -1.73. The van der Waals surface area contributed by atoms with Crippen LogP contribution < -0.4 is 9.47 Å². The minimum Gasteiger partial charge on any atom is -0.508 e. The zero-order chi connectivity index (χ0) is 12.3. The van der Waals surface area contributed by atoms with Crippen molar-refractivity contribution >= 4 is 12.3 Å². The standard InChI is InChI=1S/C8H6O8/c9-3-1-4(15-7(11)12)6(10)5(2-3)16-8(13)14/h1-2,9-10H,(H,11,12)(H,13,14). The SMILES string of the molecule is O=C(O)Oc1cc(O)cc(OC(=O)O)c1O. The van der Waals surface area contributed by atoms with Crippen molar-refractivity contribution in [2.45, 2.75) is 0 Å². The van der Waals surface area contributed by atoms with E-state index in [0.717, 1.165) is 12.1 Å². The van der Waals surface area contributed by atoms with Crippen LogP contribution in [0.4, 0.5) is 9.59 Å².